The molecule has 1 heterocycles. The maximum absolute atomic E-state index is 5.55. The fourth-order valence-corrected chi connectivity index (χ4v) is 3.97. The molecule has 0 saturated heterocycles. The lowest BCUT2D eigenvalue weighted by atomic mass is 9.95. The summed E-state index contributed by atoms with van der Waals surface area (Å²) in [6.45, 7) is 5.88. The summed E-state index contributed by atoms with van der Waals surface area (Å²) in [5, 5.41) is 10.1. The first-order valence-electron chi connectivity index (χ1n) is 9.10. The normalized spacial score (nSPS) is 15.2. The third-order valence-corrected chi connectivity index (χ3v) is 5.78. The van der Waals surface area contributed by atoms with Crippen molar-refractivity contribution in [1.29, 1.82) is 0 Å². The van der Waals surface area contributed by atoms with Crippen molar-refractivity contribution in [3.05, 3.63) is 45.9 Å². The van der Waals surface area contributed by atoms with Crippen LogP contribution in [0.2, 0.25) is 0 Å². The van der Waals surface area contributed by atoms with Crippen molar-refractivity contribution in [2.75, 3.05) is 20.7 Å². The fraction of sp³-hybridized carbons (Fsp3) is 0.500. The minimum Gasteiger partial charge on any atom is -0.496 e. The molecule has 1 aliphatic rings. The molecule has 2 aromatic rings. The van der Waals surface area contributed by atoms with Crippen molar-refractivity contribution in [2.45, 2.75) is 44.6 Å². The van der Waals surface area contributed by atoms with Gasteiger partial charge in [0.05, 0.1) is 19.3 Å². The van der Waals surface area contributed by atoms with E-state index in [1.165, 1.54) is 18.4 Å². The van der Waals surface area contributed by atoms with Crippen molar-refractivity contribution < 1.29 is 4.74 Å². The summed E-state index contributed by atoms with van der Waals surface area (Å²) in [6.07, 6.45) is 2.34. The first-order chi connectivity index (χ1) is 12.6. The average molecular weight is 500 g/mol. The van der Waals surface area contributed by atoms with Gasteiger partial charge in [-0.1, -0.05) is 32.0 Å². The number of hydrogen-bond donors (Lipinski definition) is 2. The molecular weight excluding hydrogens is 471 g/mol. The SMILES string of the molecule is CN=C(NCc1nc(C(C)C)cs1)NCC1(c2ccccc2OC)CC1.I. The number of nitrogens with one attached hydrogen (secondary N) is 2. The van der Waals surface area contributed by atoms with Gasteiger partial charge in [0.1, 0.15) is 10.8 Å². The Labute approximate surface area is 183 Å². The molecule has 0 radical (unpaired) electrons. The van der Waals surface area contributed by atoms with Crippen LogP contribution in [0.25, 0.3) is 0 Å². The third-order valence-electron chi connectivity index (χ3n) is 4.92. The molecule has 1 saturated carbocycles. The monoisotopic (exact) mass is 500 g/mol. The summed E-state index contributed by atoms with van der Waals surface area (Å²) >= 11 is 1.70. The van der Waals surface area contributed by atoms with Gasteiger partial charge in [-0.25, -0.2) is 4.98 Å². The van der Waals surface area contributed by atoms with Gasteiger partial charge in [-0.15, -0.1) is 35.3 Å². The highest BCUT2D eigenvalue weighted by molar-refractivity contribution is 14.0. The van der Waals surface area contributed by atoms with Gasteiger partial charge in [-0.3, -0.25) is 4.99 Å². The molecule has 0 unspecified atom stereocenters. The number of benzene rings is 1. The lowest BCUT2D eigenvalue weighted by Gasteiger charge is -2.21. The van der Waals surface area contributed by atoms with E-state index in [2.05, 4.69) is 52.0 Å². The van der Waals surface area contributed by atoms with Gasteiger partial charge in [-0.2, -0.15) is 0 Å². The molecule has 1 aliphatic carbocycles. The van der Waals surface area contributed by atoms with Crippen LogP contribution < -0.4 is 15.4 Å². The van der Waals surface area contributed by atoms with Crippen LogP contribution in [0.1, 0.15) is 48.9 Å². The predicted molar refractivity (Wildman–Crippen MR) is 124 cm³/mol. The van der Waals surface area contributed by atoms with Gasteiger partial charge < -0.3 is 15.4 Å². The van der Waals surface area contributed by atoms with Gasteiger partial charge in [0, 0.05) is 30.0 Å². The zero-order chi connectivity index (χ0) is 18.6. The van der Waals surface area contributed by atoms with Crippen molar-refractivity contribution in [2.24, 2.45) is 4.99 Å². The van der Waals surface area contributed by atoms with E-state index in [-0.39, 0.29) is 29.4 Å². The van der Waals surface area contributed by atoms with Crippen LogP contribution in [0.15, 0.2) is 34.6 Å². The van der Waals surface area contributed by atoms with Crippen LogP contribution in [-0.4, -0.2) is 31.6 Å². The van der Waals surface area contributed by atoms with E-state index in [0.29, 0.717) is 12.5 Å². The number of methoxy groups -OCH3 is 1. The Morgan fingerprint density at radius 3 is 2.63 bits per heavy atom. The van der Waals surface area contributed by atoms with Crippen molar-refractivity contribution >= 4 is 41.3 Å². The highest BCUT2D eigenvalue weighted by Crippen LogP contribution is 2.50. The highest BCUT2D eigenvalue weighted by Gasteiger charge is 2.46. The highest BCUT2D eigenvalue weighted by atomic mass is 127. The lowest BCUT2D eigenvalue weighted by Crippen LogP contribution is -2.41. The molecule has 0 bridgehead atoms. The summed E-state index contributed by atoms with van der Waals surface area (Å²) in [5.74, 6) is 2.25. The maximum atomic E-state index is 5.55. The molecule has 2 N–H and O–H groups in total. The van der Waals surface area contributed by atoms with E-state index in [9.17, 15) is 0 Å². The molecule has 1 fully saturated rings. The van der Waals surface area contributed by atoms with Gasteiger partial charge in [0.25, 0.3) is 0 Å². The minimum absolute atomic E-state index is 0. The van der Waals surface area contributed by atoms with Crippen molar-refractivity contribution in [3.63, 3.8) is 0 Å². The van der Waals surface area contributed by atoms with E-state index >= 15 is 0 Å². The Hall–Kier alpha value is -1.35. The van der Waals surface area contributed by atoms with Crippen LogP contribution in [0, 0.1) is 0 Å². The molecule has 0 aliphatic heterocycles. The van der Waals surface area contributed by atoms with Crippen LogP contribution in [0.4, 0.5) is 0 Å². The number of para-hydroxylation sites is 1. The number of thiazole rings is 1. The van der Waals surface area contributed by atoms with E-state index in [1.54, 1.807) is 25.5 Å². The number of aliphatic imine (C=N–C) groups is 1. The molecule has 1 aromatic heterocycles. The molecule has 148 valence electrons. The number of ether oxygens (including phenoxy) is 1. The molecule has 3 rings (SSSR count). The number of nitrogens with zero attached hydrogens (tertiary/aromatic N) is 2. The molecular formula is C20H29IN4OS. The Balaban J connectivity index is 0.00000261. The van der Waals surface area contributed by atoms with Crippen LogP contribution in [-0.2, 0) is 12.0 Å². The smallest absolute Gasteiger partial charge is 0.191 e. The minimum atomic E-state index is 0. The van der Waals surface area contributed by atoms with Gasteiger partial charge in [-0.05, 0) is 24.8 Å². The number of aromatic nitrogens is 1. The summed E-state index contributed by atoms with van der Waals surface area (Å²) in [5.41, 5.74) is 2.59. The van der Waals surface area contributed by atoms with E-state index < -0.39 is 0 Å². The van der Waals surface area contributed by atoms with Crippen LogP contribution in [0.3, 0.4) is 0 Å². The van der Waals surface area contributed by atoms with Gasteiger partial charge in [0.2, 0.25) is 0 Å². The third kappa shape index (κ3) is 5.34. The standard InChI is InChI=1S/C20H28N4OS.HI/c1-14(2)16-12-26-18(24-16)11-22-19(21-3)23-13-20(9-10-20)15-7-5-6-8-17(15)25-4;/h5-8,12,14H,9-11,13H2,1-4H3,(H2,21,22,23);1H. The van der Waals surface area contributed by atoms with Crippen molar-refractivity contribution in [1.82, 2.24) is 15.6 Å². The molecule has 0 amide bonds. The zero-order valence-corrected chi connectivity index (χ0v) is 19.6. The maximum Gasteiger partial charge on any atom is 0.191 e. The van der Waals surface area contributed by atoms with E-state index in [1.807, 2.05) is 12.1 Å². The van der Waals surface area contributed by atoms with E-state index in [0.717, 1.165) is 29.0 Å². The molecule has 0 atom stereocenters. The first kappa shape index (κ1) is 21.9. The Kier molecular flexibility index (Phi) is 7.91. The lowest BCUT2D eigenvalue weighted by molar-refractivity contribution is 0.403. The second-order valence-corrected chi connectivity index (χ2v) is 8.02. The Bertz CT molecular complexity index is 771. The second kappa shape index (κ2) is 9.73. The van der Waals surface area contributed by atoms with Gasteiger partial charge >= 0.3 is 0 Å². The molecule has 0 spiro atoms. The largest absolute Gasteiger partial charge is 0.496 e. The predicted octanol–water partition coefficient (Wildman–Crippen LogP) is 4.29. The number of guanidine groups is 1. The molecule has 7 heteroatoms. The van der Waals surface area contributed by atoms with Crippen molar-refractivity contribution in [3.8, 4) is 5.75 Å². The van der Waals surface area contributed by atoms with Crippen LogP contribution >= 0.6 is 35.3 Å². The fourth-order valence-electron chi connectivity index (χ4n) is 3.08. The molecule has 27 heavy (non-hydrogen) atoms. The van der Waals surface area contributed by atoms with Gasteiger partial charge in [0.15, 0.2) is 5.96 Å². The Morgan fingerprint density at radius 1 is 1.30 bits per heavy atom. The molecule has 5 nitrogen and oxygen atoms in total. The van der Waals surface area contributed by atoms with Crippen LogP contribution in [0.5, 0.6) is 5.75 Å². The van der Waals surface area contributed by atoms with E-state index in [4.69, 9.17) is 4.74 Å². The second-order valence-electron chi connectivity index (χ2n) is 7.08. The number of halogens is 1. The average Bonchev–Trinajstić information content (AvgIpc) is 3.29. The summed E-state index contributed by atoms with van der Waals surface area (Å²) in [6, 6.07) is 8.31. The summed E-state index contributed by atoms with van der Waals surface area (Å²) in [7, 11) is 3.54. The Morgan fingerprint density at radius 2 is 2.04 bits per heavy atom. The molecule has 1 aromatic carbocycles. The zero-order valence-electron chi connectivity index (χ0n) is 16.4. The summed E-state index contributed by atoms with van der Waals surface area (Å²) < 4.78 is 5.55. The quantitative estimate of drug-likeness (QED) is 0.339. The number of rotatable bonds is 7. The first-order valence-corrected chi connectivity index (χ1v) is 9.98. The number of hydrogen-bond acceptors (Lipinski definition) is 4. The summed E-state index contributed by atoms with van der Waals surface area (Å²) in [4.78, 5) is 9.02. The topological polar surface area (TPSA) is 58.5 Å².